The van der Waals surface area contributed by atoms with Crippen molar-refractivity contribution in [1.29, 1.82) is 0 Å². The number of thioether (sulfide) groups is 1. The van der Waals surface area contributed by atoms with E-state index in [1.165, 1.54) is 61.3 Å². The van der Waals surface area contributed by atoms with E-state index in [2.05, 4.69) is 20.8 Å². The monoisotopic (exact) mass is 380 g/mol. The van der Waals surface area contributed by atoms with Gasteiger partial charge >= 0.3 is 0 Å². The van der Waals surface area contributed by atoms with Crippen LogP contribution in [0.2, 0.25) is 0 Å². The maximum atomic E-state index is 13.6. The fourth-order valence-corrected chi connectivity index (χ4v) is 4.71. The molecule has 1 aromatic heterocycles. The molecule has 5 nitrogen and oxygen atoms in total. The van der Waals surface area contributed by atoms with E-state index in [9.17, 15) is 9.18 Å². The van der Waals surface area contributed by atoms with E-state index in [0.717, 1.165) is 9.47 Å². The number of rotatable bonds is 6. The molecule has 2 N–H and O–H groups in total. The van der Waals surface area contributed by atoms with Crippen molar-refractivity contribution in [3.05, 3.63) is 30.1 Å². The molecule has 0 saturated heterocycles. The number of aromatic nitrogens is 2. The molecule has 0 spiro atoms. The van der Waals surface area contributed by atoms with Crippen molar-refractivity contribution >= 4 is 39.8 Å². The molecule has 1 atom stereocenters. The van der Waals surface area contributed by atoms with E-state index >= 15 is 0 Å². The summed E-state index contributed by atoms with van der Waals surface area (Å²) in [6.45, 7) is 1.77. The topological polar surface area (TPSA) is 66.9 Å². The predicted octanol–water partition coefficient (Wildman–Crippen LogP) is 4.54. The average molecular weight is 381 g/mol. The molecular formula is C17H21FN4OS2. The summed E-state index contributed by atoms with van der Waals surface area (Å²) in [5.41, 5.74) is 0.192. The second-order valence-electron chi connectivity index (χ2n) is 6.08. The number of anilines is 2. The van der Waals surface area contributed by atoms with Gasteiger partial charge in [0.2, 0.25) is 11.0 Å². The number of carbonyl (C=O) groups is 1. The molecule has 1 fully saturated rings. The van der Waals surface area contributed by atoms with Gasteiger partial charge in [-0.05, 0) is 31.9 Å². The van der Waals surface area contributed by atoms with Crippen molar-refractivity contribution in [2.24, 2.45) is 0 Å². The Labute approximate surface area is 154 Å². The fourth-order valence-electron chi connectivity index (χ4n) is 2.74. The zero-order chi connectivity index (χ0) is 17.6. The van der Waals surface area contributed by atoms with Crippen molar-refractivity contribution in [2.75, 3.05) is 10.6 Å². The number of carbonyl (C=O) groups excluding carboxylic acids is 1. The Morgan fingerprint density at radius 2 is 2.04 bits per heavy atom. The Kier molecular flexibility index (Phi) is 6.25. The highest BCUT2D eigenvalue weighted by molar-refractivity contribution is 8.02. The molecule has 25 heavy (non-hydrogen) atoms. The maximum absolute atomic E-state index is 13.6. The Bertz CT molecular complexity index is 718. The van der Waals surface area contributed by atoms with E-state index in [0.29, 0.717) is 6.04 Å². The van der Waals surface area contributed by atoms with E-state index in [1.54, 1.807) is 25.1 Å². The third-order valence-corrected chi connectivity index (χ3v) is 6.16. The van der Waals surface area contributed by atoms with Crippen molar-refractivity contribution in [3.8, 4) is 0 Å². The summed E-state index contributed by atoms with van der Waals surface area (Å²) in [5, 5.41) is 14.8. The average Bonchev–Trinajstić information content (AvgIpc) is 3.04. The molecule has 1 aromatic carbocycles. The Morgan fingerprint density at radius 3 is 2.80 bits per heavy atom. The molecule has 1 aliphatic rings. The Hall–Kier alpha value is -1.67. The van der Waals surface area contributed by atoms with Crippen LogP contribution in [0.15, 0.2) is 28.6 Å². The van der Waals surface area contributed by atoms with Gasteiger partial charge in [0, 0.05) is 6.04 Å². The zero-order valence-corrected chi connectivity index (χ0v) is 15.6. The van der Waals surface area contributed by atoms with Crippen LogP contribution >= 0.6 is 23.1 Å². The van der Waals surface area contributed by atoms with Crippen molar-refractivity contribution in [3.63, 3.8) is 0 Å². The highest BCUT2D eigenvalue weighted by Gasteiger charge is 2.19. The van der Waals surface area contributed by atoms with Gasteiger partial charge in [0.05, 0.1) is 10.9 Å². The highest BCUT2D eigenvalue weighted by atomic mass is 32.2. The lowest BCUT2D eigenvalue weighted by atomic mass is 9.96. The third kappa shape index (κ3) is 5.15. The Balaban J connectivity index is 1.53. The van der Waals surface area contributed by atoms with Crippen LogP contribution in [0.3, 0.4) is 0 Å². The van der Waals surface area contributed by atoms with Crippen LogP contribution in [0.4, 0.5) is 15.2 Å². The SMILES string of the molecule is CC(Sc1nnc(NC2CCCCC2)s1)C(=O)Nc1ccccc1F. The number of nitrogens with one attached hydrogen (secondary N) is 2. The number of hydrogen-bond acceptors (Lipinski definition) is 6. The lowest BCUT2D eigenvalue weighted by Crippen LogP contribution is -2.22. The molecule has 8 heteroatoms. The first kappa shape index (κ1) is 18.1. The predicted molar refractivity (Wildman–Crippen MR) is 101 cm³/mol. The third-order valence-electron chi connectivity index (χ3n) is 4.12. The van der Waals surface area contributed by atoms with Gasteiger partial charge in [0.1, 0.15) is 5.82 Å². The van der Waals surface area contributed by atoms with Crippen molar-refractivity contribution in [2.45, 2.75) is 54.7 Å². The molecule has 134 valence electrons. The van der Waals surface area contributed by atoms with Crippen LogP contribution in [0.1, 0.15) is 39.0 Å². The van der Waals surface area contributed by atoms with Gasteiger partial charge in [-0.1, -0.05) is 54.5 Å². The summed E-state index contributed by atoms with van der Waals surface area (Å²) >= 11 is 2.79. The molecule has 0 aliphatic heterocycles. The van der Waals surface area contributed by atoms with Gasteiger partial charge in [-0.3, -0.25) is 4.79 Å². The van der Waals surface area contributed by atoms with Crippen LogP contribution in [-0.4, -0.2) is 27.4 Å². The summed E-state index contributed by atoms with van der Waals surface area (Å²) in [5.74, 6) is -0.699. The minimum atomic E-state index is -0.442. The molecule has 3 rings (SSSR count). The maximum Gasteiger partial charge on any atom is 0.237 e. The minimum Gasteiger partial charge on any atom is -0.357 e. The summed E-state index contributed by atoms with van der Waals surface area (Å²) in [6.07, 6.45) is 6.16. The molecule has 1 amide bonds. The van der Waals surface area contributed by atoms with E-state index in [4.69, 9.17) is 0 Å². The number of amides is 1. The van der Waals surface area contributed by atoms with Crippen molar-refractivity contribution in [1.82, 2.24) is 10.2 Å². The van der Waals surface area contributed by atoms with Crippen LogP contribution in [0.25, 0.3) is 0 Å². The minimum absolute atomic E-state index is 0.192. The molecule has 1 heterocycles. The van der Waals surface area contributed by atoms with E-state index in [1.807, 2.05) is 0 Å². The normalized spacial score (nSPS) is 16.4. The van der Waals surface area contributed by atoms with Gasteiger partial charge in [0.25, 0.3) is 0 Å². The summed E-state index contributed by atoms with van der Waals surface area (Å²) in [4.78, 5) is 12.2. The number of benzene rings is 1. The summed E-state index contributed by atoms with van der Waals surface area (Å²) in [6, 6.07) is 6.61. The van der Waals surface area contributed by atoms with Gasteiger partial charge in [-0.25, -0.2) is 4.39 Å². The molecule has 1 unspecified atom stereocenters. The van der Waals surface area contributed by atoms with Crippen LogP contribution in [0.5, 0.6) is 0 Å². The van der Waals surface area contributed by atoms with Gasteiger partial charge < -0.3 is 10.6 Å². The number of nitrogens with zero attached hydrogens (tertiary/aromatic N) is 2. The molecule has 1 saturated carbocycles. The van der Waals surface area contributed by atoms with Gasteiger partial charge in [-0.2, -0.15) is 0 Å². The first-order chi connectivity index (χ1) is 12.1. The zero-order valence-electron chi connectivity index (χ0n) is 14.0. The second kappa shape index (κ2) is 8.62. The lowest BCUT2D eigenvalue weighted by molar-refractivity contribution is -0.115. The lowest BCUT2D eigenvalue weighted by Gasteiger charge is -2.21. The first-order valence-electron chi connectivity index (χ1n) is 8.44. The van der Waals surface area contributed by atoms with Gasteiger partial charge in [0.15, 0.2) is 4.34 Å². The Morgan fingerprint density at radius 1 is 1.28 bits per heavy atom. The smallest absolute Gasteiger partial charge is 0.237 e. The number of halogens is 1. The van der Waals surface area contributed by atoms with Gasteiger partial charge in [-0.15, -0.1) is 10.2 Å². The van der Waals surface area contributed by atoms with Crippen LogP contribution < -0.4 is 10.6 Å². The molecule has 0 radical (unpaired) electrons. The molecular weight excluding hydrogens is 359 g/mol. The molecule has 0 bridgehead atoms. The van der Waals surface area contributed by atoms with E-state index in [-0.39, 0.29) is 11.6 Å². The molecule has 1 aliphatic carbocycles. The first-order valence-corrected chi connectivity index (χ1v) is 10.1. The quantitative estimate of drug-likeness (QED) is 0.720. The highest BCUT2D eigenvalue weighted by Crippen LogP contribution is 2.31. The summed E-state index contributed by atoms with van der Waals surface area (Å²) in [7, 11) is 0. The molecule has 2 aromatic rings. The summed E-state index contributed by atoms with van der Waals surface area (Å²) < 4.78 is 14.3. The van der Waals surface area contributed by atoms with Crippen LogP contribution in [0, 0.1) is 5.82 Å². The van der Waals surface area contributed by atoms with Crippen molar-refractivity contribution < 1.29 is 9.18 Å². The standard InChI is InChI=1S/C17H21FN4OS2/c1-11(15(23)20-14-10-6-5-9-13(14)18)24-17-22-21-16(25-17)19-12-7-3-2-4-8-12/h5-6,9-12H,2-4,7-8H2,1H3,(H,19,21)(H,20,23). The second-order valence-corrected chi connectivity index (χ2v) is 8.65. The number of hydrogen-bond donors (Lipinski definition) is 2. The number of para-hydroxylation sites is 1. The van der Waals surface area contributed by atoms with E-state index < -0.39 is 11.1 Å². The largest absolute Gasteiger partial charge is 0.357 e. The van der Waals surface area contributed by atoms with Crippen LogP contribution in [-0.2, 0) is 4.79 Å². The fraction of sp³-hybridized carbons (Fsp3) is 0.471.